The van der Waals surface area contributed by atoms with Crippen molar-refractivity contribution in [2.45, 2.75) is 25.7 Å². The van der Waals surface area contributed by atoms with Crippen LogP contribution in [0.5, 0.6) is 17.2 Å². The van der Waals surface area contributed by atoms with Crippen LogP contribution in [-0.2, 0) is 25.7 Å². The van der Waals surface area contributed by atoms with E-state index in [-0.39, 0.29) is 17.2 Å². The summed E-state index contributed by atoms with van der Waals surface area (Å²) < 4.78 is 0. The third-order valence-electron chi connectivity index (χ3n) is 9.81. The van der Waals surface area contributed by atoms with E-state index < -0.39 is 0 Å². The second-order valence-corrected chi connectivity index (χ2v) is 13.1. The molecule has 2 aliphatic rings. The first-order valence-corrected chi connectivity index (χ1v) is 17.2. The fraction of sp³-hybridized carbons (Fsp3) is 0.0909. The van der Waals surface area contributed by atoms with Gasteiger partial charge >= 0.3 is 0 Å². The number of aromatic hydroxyl groups is 3. The smallest absolute Gasteiger partial charge is 0.116 e. The summed E-state index contributed by atoms with van der Waals surface area (Å²) in [6, 6.07) is 40.6. The van der Waals surface area contributed by atoms with E-state index in [9.17, 15) is 15.3 Å². The quantitative estimate of drug-likeness (QED) is 0.128. The van der Waals surface area contributed by atoms with E-state index in [2.05, 4.69) is 46.4 Å². The van der Waals surface area contributed by atoms with Gasteiger partial charge in [0.15, 0.2) is 0 Å². The first-order chi connectivity index (χ1) is 25.0. The van der Waals surface area contributed by atoms with Crippen molar-refractivity contribution in [3.05, 3.63) is 150 Å². The minimum Gasteiger partial charge on any atom is -0.508 e. The van der Waals surface area contributed by atoms with Crippen molar-refractivity contribution in [1.82, 2.24) is 19.9 Å². The zero-order valence-corrected chi connectivity index (χ0v) is 27.7. The number of rotatable bonds is 4. The molecule has 8 bridgehead atoms. The zero-order valence-electron chi connectivity index (χ0n) is 27.7. The second-order valence-electron chi connectivity index (χ2n) is 13.1. The molecule has 9 rings (SSSR count). The van der Waals surface area contributed by atoms with Gasteiger partial charge in [0, 0.05) is 44.3 Å². The Labute approximate surface area is 294 Å². The van der Waals surface area contributed by atoms with E-state index in [0.29, 0.717) is 19.3 Å². The van der Waals surface area contributed by atoms with Gasteiger partial charge in [0.2, 0.25) is 0 Å². The number of H-pyrrole nitrogens is 2. The van der Waals surface area contributed by atoms with Gasteiger partial charge in [0.25, 0.3) is 0 Å². The lowest BCUT2D eigenvalue weighted by Gasteiger charge is -2.07. The average molecular weight is 667 g/mol. The first kappa shape index (κ1) is 30.5. The fourth-order valence-corrected chi connectivity index (χ4v) is 7.62. The van der Waals surface area contributed by atoms with Crippen molar-refractivity contribution >= 4 is 22.1 Å². The zero-order chi connectivity index (χ0) is 34.5. The van der Waals surface area contributed by atoms with E-state index in [1.54, 1.807) is 36.4 Å². The third-order valence-corrected chi connectivity index (χ3v) is 9.81. The molecule has 0 fully saturated rings. The molecule has 51 heavy (non-hydrogen) atoms. The molecular weight excluding hydrogens is 633 g/mol. The minimum absolute atomic E-state index is 0.175. The topological polar surface area (TPSA) is 118 Å². The predicted molar refractivity (Wildman–Crippen MR) is 203 cm³/mol. The van der Waals surface area contributed by atoms with Crippen LogP contribution in [0.25, 0.3) is 66.6 Å². The summed E-state index contributed by atoms with van der Waals surface area (Å²) in [7, 11) is 0. The van der Waals surface area contributed by atoms with Crippen LogP contribution in [0.1, 0.15) is 22.8 Å². The normalized spacial score (nSPS) is 12.6. The Hall–Kier alpha value is -6.60. The largest absolute Gasteiger partial charge is 0.508 e. The van der Waals surface area contributed by atoms with Gasteiger partial charge in [-0.1, -0.05) is 66.7 Å². The molecule has 248 valence electrons. The molecule has 0 atom stereocenters. The maximum atomic E-state index is 10.6. The van der Waals surface area contributed by atoms with Gasteiger partial charge in [0.1, 0.15) is 17.2 Å². The number of phenols is 3. The molecule has 0 saturated heterocycles. The molecule has 7 nitrogen and oxygen atoms in total. The van der Waals surface area contributed by atoms with E-state index in [1.807, 2.05) is 54.6 Å². The molecule has 7 aromatic rings. The van der Waals surface area contributed by atoms with Crippen LogP contribution >= 0.6 is 0 Å². The Morgan fingerprint density at radius 3 is 1.00 bits per heavy atom. The van der Waals surface area contributed by atoms with Crippen molar-refractivity contribution in [2.24, 2.45) is 0 Å². The lowest BCUT2D eigenvalue weighted by Crippen LogP contribution is -1.89. The van der Waals surface area contributed by atoms with Gasteiger partial charge in [-0.25, -0.2) is 0 Å². The maximum Gasteiger partial charge on any atom is 0.116 e. The number of hydrogen-bond donors (Lipinski definition) is 5. The van der Waals surface area contributed by atoms with E-state index >= 15 is 0 Å². The Balaban J connectivity index is 1.48. The number of fused-ring (bicyclic) bond motifs is 8. The molecule has 7 heteroatoms. The predicted octanol–water partition coefficient (Wildman–Crippen LogP) is 9.67. The highest BCUT2D eigenvalue weighted by atomic mass is 16.3. The summed E-state index contributed by atoms with van der Waals surface area (Å²) in [5.74, 6) is 0.547. The summed E-state index contributed by atoms with van der Waals surface area (Å²) in [5.41, 5.74) is 14.7. The number of nitrogens with one attached hydrogen (secondary N) is 2. The number of benzene rings is 4. The van der Waals surface area contributed by atoms with Gasteiger partial charge < -0.3 is 25.3 Å². The standard InChI is InChI=1S/C44H34N4O3/c49-30-12-4-9-27(23-30)42-35-17-15-33(45-35)41(26-7-2-1-3-8-26)34-16-18-36(46-34)43(28-10-5-13-31(50)24-28)38-20-22-40(48-38)44(39-21-19-37(42)47-39)29-11-6-14-32(51)25-29/h1-15,17,20,22-25,45,48-51H,16,18-19,21H2. The lowest BCUT2D eigenvalue weighted by atomic mass is 10.0. The van der Waals surface area contributed by atoms with Crippen LogP contribution in [0, 0.1) is 0 Å². The maximum absolute atomic E-state index is 10.6. The Morgan fingerprint density at radius 1 is 0.353 bits per heavy atom. The number of aryl methyl sites for hydroxylation is 4. The van der Waals surface area contributed by atoms with E-state index in [4.69, 9.17) is 9.97 Å². The molecule has 5 N–H and O–H groups in total. The molecule has 0 radical (unpaired) electrons. The monoisotopic (exact) mass is 666 g/mol. The molecule has 0 spiro atoms. The number of phenolic OH excluding ortho intramolecular Hbond substituents is 3. The van der Waals surface area contributed by atoms with Crippen molar-refractivity contribution in [1.29, 1.82) is 0 Å². The van der Waals surface area contributed by atoms with Crippen LogP contribution in [0.3, 0.4) is 0 Å². The number of aromatic nitrogens is 4. The van der Waals surface area contributed by atoms with Crippen LogP contribution in [-0.4, -0.2) is 35.3 Å². The van der Waals surface area contributed by atoms with E-state index in [0.717, 1.165) is 95.8 Å². The van der Waals surface area contributed by atoms with Crippen molar-refractivity contribution in [3.8, 4) is 61.8 Å². The summed E-state index contributed by atoms with van der Waals surface area (Å²) in [5, 5.41) is 31.8. The van der Waals surface area contributed by atoms with Gasteiger partial charge in [-0.05, 0) is 109 Å². The number of hydrogen-bond acceptors (Lipinski definition) is 5. The van der Waals surface area contributed by atoms with Gasteiger partial charge in [-0.3, -0.25) is 9.97 Å². The van der Waals surface area contributed by atoms with Crippen LogP contribution < -0.4 is 0 Å². The van der Waals surface area contributed by atoms with Crippen molar-refractivity contribution < 1.29 is 15.3 Å². The minimum atomic E-state index is 0.175. The van der Waals surface area contributed by atoms with Crippen molar-refractivity contribution in [3.63, 3.8) is 0 Å². The number of nitrogens with zero attached hydrogens (tertiary/aromatic N) is 2. The first-order valence-electron chi connectivity index (χ1n) is 17.2. The summed E-state index contributed by atoms with van der Waals surface area (Å²) in [6.45, 7) is 0. The fourth-order valence-electron chi connectivity index (χ4n) is 7.62. The van der Waals surface area contributed by atoms with Gasteiger partial charge in [-0.2, -0.15) is 0 Å². The Morgan fingerprint density at radius 2 is 0.667 bits per heavy atom. The third kappa shape index (κ3) is 5.59. The van der Waals surface area contributed by atoms with Crippen LogP contribution in [0.15, 0.2) is 127 Å². The van der Waals surface area contributed by atoms with Crippen molar-refractivity contribution in [2.75, 3.05) is 0 Å². The molecule has 2 aliphatic heterocycles. The lowest BCUT2D eigenvalue weighted by molar-refractivity contribution is 0.475. The summed E-state index contributed by atoms with van der Waals surface area (Å²) in [4.78, 5) is 18.2. The molecule has 0 amide bonds. The van der Waals surface area contributed by atoms with Crippen LogP contribution in [0.2, 0.25) is 0 Å². The van der Waals surface area contributed by atoms with Crippen LogP contribution in [0.4, 0.5) is 0 Å². The SMILES string of the molecule is Oc1cccc(-c2c3nc(c(-c4cccc(O)c4)c4ccc([nH]4)c(-c4cccc(O)c4)c4nc(c(-c5ccccc5)c5ccc2[nH]5)CC4)CC3)c1. The summed E-state index contributed by atoms with van der Waals surface area (Å²) >= 11 is 0. The second kappa shape index (κ2) is 12.4. The van der Waals surface area contributed by atoms with E-state index in [1.165, 1.54) is 0 Å². The summed E-state index contributed by atoms with van der Waals surface area (Å²) in [6.07, 6.45) is 2.82. The Kier molecular flexibility index (Phi) is 7.39. The average Bonchev–Trinajstić information content (AvgIpc) is 3.97. The van der Waals surface area contributed by atoms with Gasteiger partial charge in [-0.15, -0.1) is 0 Å². The highest BCUT2D eigenvalue weighted by Crippen LogP contribution is 2.39. The Bertz CT molecular complexity index is 2600. The highest BCUT2D eigenvalue weighted by Gasteiger charge is 2.22. The molecule has 3 aromatic heterocycles. The molecule has 0 unspecified atom stereocenters. The highest BCUT2D eigenvalue weighted by molar-refractivity contribution is 5.92. The number of aromatic amines is 2. The van der Waals surface area contributed by atoms with Gasteiger partial charge in [0.05, 0.1) is 22.8 Å². The molecule has 0 saturated carbocycles. The molecule has 0 aliphatic carbocycles. The molecule has 4 aromatic carbocycles. The molecular formula is C44H34N4O3. The molecule has 5 heterocycles.